The summed E-state index contributed by atoms with van der Waals surface area (Å²) in [5.41, 5.74) is 15.8. The highest BCUT2D eigenvalue weighted by Gasteiger charge is 2.45. The van der Waals surface area contributed by atoms with Crippen LogP contribution in [0.5, 0.6) is 0 Å². The van der Waals surface area contributed by atoms with E-state index in [2.05, 4.69) is 0 Å². The zero-order valence-corrected chi connectivity index (χ0v) is 10.8. The summed E-state index contributed by atoms with van der Waals surface area (Å²) in [6, 6.07) is 9.33. The molecule has 0 saturated carbocycles. The molecule has 18 heavy (non-hydrogen) atoms. The van der Waals surface area contributed by atoms with Crippen molar-refractivity contribution in [2.24, 2.45) is 22.6 Å². The Balaban J connectivity index is 2.66. The van der Waals surface area contributed by atoms with Gasteiger partial charge in [0.2, 0.25) is 0 Å². The largest absolute Gasteiger partial charge is 0.458 e. The number of nitrogens with two attached hydrogens (primary N) is 3. The van der Waals surface area contributed by atoms with Crippen molar-refractivity contribution in [1.29, 1.82) is 0 Å². The SMILES string of the molecule is CC(C)(CN)C(N)(N)C(=O)OCc1ccccc1. The third-order valence-corrected chi connectivity index (χ3v) is 3.18. The van der Waals surface area contributed by atoms with Gasteiger partial charge >= 0.3 is 5.97 Å². The topological polar surface area (TPSA) is 104 Å². The first-order chi connectivity index (χ1) is 8.31. The van der Waals surface area contributed by atoms with Crippen LogP contribution in [-0.2, 0) is 16.1 Å². The smallest absolute Gasteiger partial charge is 0.341 e. The number of rotatable bonds is 5. The van der Waals surface area contributed by atoms with Crippen molar-refractivity contribution in [2.45, 2.75) is 26.1 Å². The lowest BCUT2D eigenvalue weighted by Crippen LogP contribution is -2.68. The van der Waals surface area contributed by atoms with Gasteiger partial charge in [0.25, 0.3) is 0 Å². The third kappa shape index (κ3) is 3.07. The summed E-state index contributed by atoms with van der Waals surface area (Å²) in [6.45, 7) is 3.81. The molecule has 0 heterocycles. The average Bonchev–Trinajstić information content (AvgIpc) is 2.36. The van der Waals surface area contributed by atoms with E-state index in [1.807, 2.05) is 30.3 Å². The lowest BCUT2D eigenvalue weighted by atomic mass is 9.79. The normalized spacial score (nSPS) is 12.3. The second-order valence-electron chi connectivity index (χ2n) is 5.02. The van der Waals surface area contributed by atoms with Crippen molar-refractivity contribution >= 4 is 5.97 Å². The standard InChI is InChI=1S/C13H21N3O2/c1-12(2,9-14)13(15,16)11(17)18-8-10-6-4-3-5-7-10/h3-7H,8-9,14-16H2,1-2H3. The fourth-order valence-corrected chi connectivity index (χ4v) is 1.29. The first-order valence-electron chi connectivity index (χ1n) is 5.80. The van der Waals surface area contributed by atoms with Gasteiger partial charge in [0.05, 0.1) is 0 Å². The highest BCUT2D eigenvalue weighted by atomic mass is 16.5. The minimum atomic E-state index is -1.60. The van der Waals surface area contributed by atoms with Gasteiger partial charge in [-0.05, 0) is 5.56 Å². The van der Waals surface area contributed by atoms with Crippen molar-refractivity contribution in [3.05, 3.63) is 35.9 Å². The Kier molecular flexibility index (Phi) is 4.45. The second-order valence-corrected chi connectivity index (χ2v) is 5.02. The fourth-order valence-electron chi connectivity index (χ4n) is 1.29. The molecule has 100 valence electrons. The molecule has 0 bridgehead atoms. The Morgan fingerprint density at radius 3 is 2.28 bits per heavy atom. The molecule has 0 aliphatic carbocycles. The lowest BCUT2D eigenvalue weighted by Gasteiger charge is -2.37. The van der Waals surface area contributed by atoms with E-state index >= 15 is 0 Å². The zero-order chi connectivity index (χ0) is 13.8. The highest BCUT2D eigenvalue weighted by molar-refractivity contribution is 5.80. The van der Waals surface area contributed by atoms with Crippen LogP contribution in [0.25, 0.3) is 0 Å². The van der Waals surface area contributed by atoms with Crippen LogP contribution in [0.4, 0.5) is 0 Å². The Morgan fingerprint density at radius 1 is 1.22 bits per heavy atom. The molecule has 0 atom stereocenters. The molecule has 0 spiro atoms. The van der Waals surface area contributed by atoms with E-state index in [0.717, 1.165) is 5.56 Å². The van der Waals surface area contributed by atoms with E-state index < -0.39 is 17.0 Å². The van der Waals surface area contributed by atoms with Gasteiger partial charge in [-0.25, -0.2) is 4.79 Å². The Hall–Kier alpha value is -1.43. The molecule has 0 amide bonds. The van der Waals surface area contributed by atoms with Crippen LogP contribution in [0, 0.1) is 5.41 Å². The van der Waals surface area contributed by atoms with Gasteiger partial charge in [-0.1, -0.05) is 44.2 Å². The maximum Gasteiger partial charge on any atom is 0.341 e. The Labute approximate surface area is 107 Å². The van der Waals surface area contributed by atoms with Gasteiger partial charge in [0.1, 0.15) is 6.61 Å². The van der Waals surface area contributed by atoms with Crippen LogP contribution in [0.15, 0.2) is 30.3 Å². The van der Waals surface area contributed by atoms with E-state index in [1.54, 1.807) is 13.8 Å². The van der Waals surface area contributed by atoms with Crippen molar-refractivity contribution in [3.63, 3.8) is 0 Å². The minimum Gasteiger partial charge on any atom is -0.458 e. The summed E-state index contributed by atoms with van der Waals surface area (Å²) >= 11 is 0. The number of ether oxygens (including phenoxy) is 1. The van der Waals surface area contributed by atoms with E-state index in [1.165, 1.54) is 0 Å². The third-order valence-electron chi connectivity index (χ3n) is 3.18. The van der Waals surface area contributed by atoms with Crippen LogP contribution in [0.3, 0.4) is 0 Å². The van der Waals surface area contributed by atoms with Crippen molar-refractivity contribution in [1.82, 2.24) is 0 Å². The molecule has 1 aromatic carbocycles. The van der Waals surface area contributed by atoms with Gasteiger partial charge in [0, 0.05) is 12.0 Å². The summed E-state index contributed by atoms with van der Waals surface area (Å²) in [4.78, 5) is 11.9. The quantitative estimate of drug-likeness (QED) is 0.516. The van der Waals surface area contributed by atoms with E-state index in [-0.39, 0.29) is 13.2 Å². The molecular formula is C13H21N3O2. The average molecular weight is 251 g/mol. The van der Waals surface area contributed by atoms with Crippen LogP contribution in [-0.4, -0.2) is 18.2 Å². The number of hydrogen-bond acceptors (Lipinski definition) is 5. The first kappa shape index (κ1) is 14.6. The predicted molar refractivity (Wildman–Crippen MR) is 70.2 cm³/mol. The second kappa shape index (κ2) is 5.48. The summed E-state index contributed by atoms with van der Waals surface area (Å²) in [5, 5.41) is 0. The lowest BCUT2D eigenvalue weighted by molar-refractivity contribution is -0.156. The van der Waals surface area contributed by atoms with Gasteiger partial charge in [-0.15, -0.1) is 0 Å². The maximum atomic E-state index is 11.9. The fraction of sp³-hybridized carbons (Fsp3) is 0.462. The van der Waals surface area contributed by atoms with E-state index in [9.17, 15) is 4.79 Å². The van der Waals surface area contributed by atoms with Crippen LogP contribution in [0.1, 0.15) is 19.4 Å². The molecule has 1 rings (SSSR count). The van der Waals surface area contributed by atoms with Crippen molar-refractivity contribution < 1.29 is 9.53 Å². The van der Waals surface area contributed by atoms with Gasteiger partial charge in [-0.2, -0.15) is 0 Å². The van der Waals surface area contributed by atoms with Crippen LogP contribution in [0.2, 0.25) is 0 Å². The van der Waals surface area contributed by atoms with Gasteiger partial charge in [0.15, 0.2) is 5.66 Å². The summed E-state index contributed by atoms with van der Waals surface area (Å²) in [7, 11) is 0. The molecule has 0 unspecified atom stereocenters. The Bertz CT molecular complexity index is 402. The van der Waals surface area contributed by atoms with Gasteiger partial charge < -0.3 is 21.9 Å². The monoisotopic (exact) mass is 251 g/mol. The maximum absolute atomic E-state index is 11.9. The molecular weight excluding hydrogens is 230 g/mol. The Morgan fingerprint density at radius 2 is 1.78 bits per heavy atom. The van der Waals surface area contributed by atoms with E-state index in [4.69, 9.17) is 21.9 Å². The molecule has 0 aliphatic rings. The number of benzene rings is 1. The molecule has 1 aromatic rings. The van der Waals surface area contributed by atoms with Gasteiger partial charge in [-0.3, -0.25) is 0 Å². The predicted octanol–water partition coefficient (Wildman–Crippen LogP) is 0.328. The molecule has 0 fully saturated rings. The zero-order valence-electron chi connectivity index (χ0n) is 10.8. The van der Waals surface area contributed by atoms with Crippen molar-refractivity contribution in [3.8, 4) is 0 Å². The summed E-state index contributed by atoms with van der Waals surface area (Å²) in [6.07, 6.45) is 0. The van der Waals surface area contributed by atoms with E-state index in [0.29, 0.717) is 0 Å². The number of carbonyl (C=O) groups excluding carboxylic acids is 1. The molecule has 0 radical (unpaired) electrons. The highest BCUT2D eigenvalue weighted by Crippen LogP contribution is 2.24. The first-order valence-corrected chi connectivity index (χ1v) is 5.80. The minimum absolute atomic E-state index is 0.149. The molecule has 0 saturated heterocycles. The number of esters is 1. The molecule has 0 aliphatic heterocycles. The number of carbonyl (C=O) groups is 1. The summed E-state index contributed by atoms with van der Waals surface area (Å²) < 4.78 is 5.14. The molecule has 0 aromatic heterocycles. The van der Waals surface area contributed by atoms with Crippen molar-refractivity contribution in [2.75, 3.05) is 6.54 Å². The van der Waals surface area contributed by atoms with Crippen LogP contribution < -0.4 is 17.2 Å². The molecule has 6 N–H and O–H groups in total. The van der Waals surface area contributed by atoms with Crippen LogP contribution >= 0.6 is 0 Å². The molecule has 5 nitrogen and oxygen atoms in total. The molecule has 5 heteroatoms. The summed E-state index contributed by atoms with van der Waals surface area (Å²) in [5.74, 6) is -0.651. The number of hydrogen-bond donors (Lipinski definition) is 3.